The molecular formula is C49H56O4. The summed E-state index contributed by atoms with van der Waals surface area (Å²) in [6.45, 7) is 10.2. The fourth-order valence-electron chi connectivity index (χ4n) is 11.8. The lowest BCUT2D eigenvalue weighted by Crippen LogP contribution is -2.55. The predicted molar refractivity (Wildman–Crippen MR) is 211 cm³/mol. The molecule has 0 amide bonds. The number of benzene rings is 4. The molecule has 8 rings (SSSR count). The topological polar surface area (TPSA) is 52.6 Å². The van der Waals surface area contributed by atoms with Gasteiger partial charge in [-0.25, -0.2) is 0 Å². The average molecular weight is 709 g/mol. The van der Waals surface area contributed by atoms with Crippen LogP contribution in [0, 0.1) is 22.7 Å². The molecular weight excluding hydrogens is 653 g/mol. The van der Waals surface area contributed by atoms with Gasteiger partial charge < -0.3 is 9.47 Å². The van der Waals surface area contributed by atoms with Gasteiger partial charge in [0.1, 0.15) is 36.3 Å². The minimum Gasteiger partial charge on any atom is -0.489 e. The van der Waals surface area contributed by atoms with Crippen molar-refractivity contribution in [2.45, 2.75) is 122 Å². The number of ether oxygens (including phenoxy) is 2. The van der Waals surface area contributed by atoms with Gasteiger partial charge >= 0.3 is 0 Å². The molecule has 2 fully saturated rings. The fraction of sp³-hybridized carbons (Fsp3) is 0.469. The summed E-state index contributed by atoms with van der Waals surface area (Å²) in [5.74, 6) is 2.50. The van der Waals surface area contributed by atoms with E-state index in [1.807, 2.05) is 36.4 Å². The molecule has 4 aliphatic carbocycles. The molecule has 0 heterocycles. The second-order valence-electron chi connectivity index (χ2n) is 17.8. The van der Waals surface area contributed by atoms with Crippen LogP contribution in [0.5, 0.6) is 11.5 Å². The standard InChI is InChI=1S/C49H56O4/c1-46-25-11-27-48(3,42(46)23-19-36-17-21-38(29-40(36)46)52-32-34-13-7-5-8-14-34)44(50)31-45(51)49(4)28-12-26-47(2)41-30-39(22-18-37(41)20-24-43(47)49)53-33-35-15-9-6-10-16-35/h5-10,13-18,21-22,29-30,42-43H,11-12,19-20,23-28,31-33H2,1-4H3/t42-,43-,46-,47-,48+,49+/m1/s1. The highest BCUT2D eigenvalue weighted by molar-refractivity contribution is 6.04. The molecule has 4 nitrogen and oxygen atoms in total. The van der Waals surface area contributed by atoms with Crippen molar-refractivity contribution in [1.29, 1.82) is 0 Å². The lowest BCUT2D eigenvalue weighted by molar-refractivity contribution is -0.146. The van der Waals surface area contributed by atoms with E-state index in [-0.39, 0.29) is 40.7 Å². The molecule has 0 radical (unpaired) electrons. The van der Waals surface area contributed by atoms with Crippen LogP contribution < -0.4 is 9.47 Å². The minimum atomic E-state index is -0.528. The highest BCUT2D eigenvalue weighted by Gasteiger charge is 2.58. The van der Waals surface area contributed by atoms with E-state index in [4.69, 9.17) is 9.47 Å². The maximum atomic E-state index is 14.8. The van der Waals surface area contributed by atoms with Gasteiger partial charge in [0.05, 0.1) is 6.42 Å². The summed E-state index contributed by atoms with van der Waals surface area (Å²) in [7, 11) is 0. The van der Waals surface area contributed by atoms with Crippen molar-refractivity contribution < 1.29 is 19.1 Å². The molecule has 53 heavy (non-hydrogen) atoms. The SMILES string of the molecule is C[C@]1(C(=O)CC(=O)[C@@]2(C)CCC[C@]3(C)c4cc(OCc5ccccc5)ccc4CC[C@@H]23)CCC[C@]2(C)c3cc(OCc4ccccc4)ccc3CC[C@@H]12. The molecule has 4 aliphatic rings. The molecule has 2 saturated carbocycles. The first-order valence-corrected chi connectivity index (χ1v) is 20.2. The van der Waals surface area contributed by atoms with Gasteiger partial charge in [0.25, 0.3) is 0 Å². The molecule has 0 N–H and O–H groups in total. The monoisotopic (exact) mass is 708 g/mol. The van der Waals surface area contributed by atoms with Crippen LogP contribution in [0.25, 0.3) is 0 Å². The van der Waals surface area contributed by atoms with Gasteiger partial charge in [0.15, 0.2) is 0 Å². The molecule has 4 aromatic carbocycles. The van der Waals surface area contributed by atoms with Crippen LogP contribution >= 0.6 is 0 Å². The quantitative estimate of drug-likeness (QED) is 0.154. The maximum absolute atomic E-state index is 14.8. The average Bonchev–Trinajstić information content (AvgIpc) is 3.17. The summed E-state index contributed by atoms with van der Waals surface area (Å²) in [5.41, 5.74) is 6.42. The lowest BCUT2D eigenvalue weighted by Gasteiger charge is -2.56. The summed E-state index contributed by atoms with van der Waals surface area (Å²) in [6.07, 6.45) is 9.72. The second-order valence-corrected chi connectivity index (χ2v) is 17.8. The molecule has 0 aliphatic heterocycles. The maximum Gasteiger partial charge on any atom is 0.146 e. The number of carbonyl (C=O) groups is 2. The highest BCUT2D eigenvalue weighted by Crippen LogP contribution is 2.60. The molecule has 0 aromatic heterocycles. The normalized spacial score (nSPS) is 30.2. The van der Waals surface area contributed by atoms with E-state index in [9.17, 15) is 9.59 Å². The summed E-state index contributed by atoms with van der Waals surface area (Å²) < 4.78 is 12.6. The molecule has 0 unspecified atom stereocenters. The van der Waals surface area contributed by atoms with E-state index >= 15 is 0 Å². The summed E-state index contributed by atoms with van der Waals surface area (Å²) in [5, 5.41) is 0. The summed E-state index contributed by atoms with van der Waals surface area (Å²) in [4.78, 5) is 29.5. The first kappa shape index (κ1) is 35.8. The van der Waals surface area contributed by atoms with Crippen LogP contribution in [0.4, 0.5) is 0 Å². The largest absolute Gasteiger partial charge is 0.489 e. The molecule has 276 valence electrons. The Kier molecular flexibility index (Phi) is 9.40. The van der Waals surface area contributed by atoms with Gasteiger partial charge in [-0.15, -0.1) is 0 Å². The van der Waals surface area contributed by atoms with E-state index in [1.165, 1.54) is 22.3 Å². The lowest BCUT2D eigenvalue weighted by atomic mass is 9.47. The Morgan fingerprint density at radius 1 is 0.566 bits per heavy atom. The van der Waals surface area contributed by atoms with Crippen molar-refractivity contribution in [3.05, 3.63) is 130 Å². The zero-order chi connectivity index (χ0) is 36.8. The Labute approximate surface area is 316 Å². The summed E-state index contributed by atoms with van der Waals surface area (Å²) >= 11 is 0. The number of rotatable bonds is 10. The Hall–Kier alpha value is -4.18. The van der Waals surface area contributed by atoms with Gasteiger partial charge in [-0.3, -0.25) is 9.59 Å². The molecule has 6 atom stereocenters. The third-order valence-corrected chi connectivity index (χ3v) is 14.8. The number of carbonyl (C=O) groups excluding carboxylic acids is 2. The van der Waals surface area contributed by atoms with Crippen LogP contribution in [0.15, 0.2) is 97.1 Å². The van der Waals surface area contributed by atoms with Crippen molar-refractivity contribution in [3.8, 4) is 11.5 Å². The Bertz CT molecular complexity index is 1840. The predicted octanol–water partition coefficient (Wildman–Crippen LogP) is 11.1. The molecule has 0 spiro atoms. The van der Waals surface area contributed by atoms with Crippen molar-refractivity contribution in [2.24, 2.45) is 22.7 Å². The Morgan fingerprint density at radius 3 is 1.40 bits per heavy atom. The Balaban J connectivity index is 1.00. The van der Waals surface area contributed by atoms with Crippen LogP contribution in [-0.2, 0) is 46.5 Å². The number of aryl methyl sites for hydroxylation is 2. The highest BCUT2D eigenvalue weighted by atomic mass is 16.5. The third-order valence-electron chi connectivity index (χ3n) is 14.8. The minimum absolute atomic E-state index is 0.0479. The Morgan fingerprint density at radius 2 is 0.981 bits per heavy atom. The fourth-order valence-corrected chi connectivity index (χ4v) is 11.8. The molecule has 4 heteroatoms. The number of hydrogen-bond acceptors (Lipinski definition) is 4. The van der Waals surface area contributed by atoms with E-state index in [0.29, 0.717) is 13.2 Å². The van der Waals surface area contributed by atoms with E-state index in [0.717, 1.165) is 86.8 Å². The van der Waals surface area contributed by atoms with Crippen molar-refractivity contribution in [1.82, 2.24) is 0 Å². The van der Waals surface area contributed by atoms with Gasteiger partial charge in [-0.2, -0.15) is 0 Å². The van der Waals surface area contributed by atoms with E-state index < -0.39 is 10.8 Å². The van der Waals surface area contributed by atoms with Gasteiger partial charge in [-0.05, 0) is 132 Å². The molecule has 0 saturated heterocycles. The van der Waals surface area contributed by atoms with Gasteiger partial charge in [-0.1, -0.05) is 113 Å². The number of hydrogen-bond donors (Lipinski definition) is 0. The first-order chi connectivity index (χ1) is 25.5. The third kappa shape index (κ3) is 6.34. The van der Waals surface area contributed by atoms with Crippen molar-refractivity contribution >= 4 is 11.6 Å². The van der Waals surface area contributed by atoms with Crippen LogP contribution in [0.3, 0.4) is 0 Å². The van der Waals surface area contributed by atoms with Gasteiger partial charge in [0.2, 0.25) is 0 Å². The number of fused-ring (bicyclic) bond motifs is 6. The van der Waals surface area contributed by atoms with Crippen LogP contribution in [0.2, 0.25) is 0 Å². The zero-order valence-corrected chi connectivity index (χ0v) is 32.2. The molecule has 0 bridgehead atoms. The summed E-state index contributed by atoms with van der Waals surface area (Å²) in [6, 6.07) is 33.8. The van der Waals surface area contributed by atoms with Crippen molar-refractivity contribution in [2.75, 3.05) is 0 Å². The zero-order valence-electron chi connectivity index (χ0n) is 32.2. The van der Waals surface area contributed by atoms with Crippen LogP contribution in [0.1, 0.15) is 119 Å². The molecule has 4 aromatic rings. The van der Waals surface area contributed by atoms with Crippen LogP contribution in [-0.4, -0.2) is 11.6 Å². The van der Waals surface area contributed by atoms with Crippen molar-refractivity contribution in [3.63, 3.8) is 0 Å². The van der Waals surface area contributed by atoms with E-state index in [1.54, 1.807) is 0 Å². The first-order valence-electron chi connectivity index (χ1n) is 20.2. The van der Waals surface area contributed by atoms with E-state index in [2.05, 4.69) is 88.4 Å². The second kappa shape index (κ2) is 13.9. The number of ketones is 2. The van der Waals surface area contributed by atoms with Gasteiger partial charge in [0, 0.05) is 10.8 Å². The number of Topliss-reactive ketones (excluding diaryl/α,β-unsaturated/α-hetero) is 2. The smallest absolute Gasteiger partial charge is 0.146 e.